The lowest BCUT2D eigenvalue weighted by atomic mass is 9.73. The van der Waals surface area contributed by atoms with E-state index in [4.69, 9.17) is 0 Å². The van der Waals surface area contributed by atoms with E-state index in [1.54, 1.807) is 0 Å². The highest BCUT2D eigenvalue weighted by Crippen LogP contribution is 2.38. The highest BCUT2D eigenvalue weighted by atomic mass is 16.3. The normalized spacial score (nSPS) is 22.8. The fraction of sp³-hybridized carbons (Fsp3) is 0.500. The van der Waals surface area contributed by atoms with Gasteiger partial charge in [-0.15, -0.1) is 0 Å². The fourth-order valence-electron chi connectivity index (χ4n) is 3.86. The number of aliphatic hydroxyl groups excluding tert-OH is 1. The van der Waals surface area contributed by atoms with Gasteiger partial charge in [0, 0.05) is 18.5 Å². The van der Waals surface area contributed by atoms with Crippen LogP contribution in [0.4, 0.5) is 0 Å². The van der Waals surface area contributed by atoms with Crippen molar-refractivity contribution >= 4 is 0 Å². The minimum absolute atomic E-state index is 0.290. The van der Waals surface area contributed by atoms with Crippen LogP contribution in [0.25, 0.3) is 0 Å². The Kier molecular flexibility index (Phi) is 3.30. The van der Waals surface area contributed by atoms with Gasteiger partial charge in [0.05, 0.1) is 17.8 Å². The molecule has 0 aliphatic heterocycles. The molecular weight excluding hydrogens is 260 g/mol. The van der Waals surface area contributed by atoms with Crippen LogP contribution < -0.4 is 0 Å². The van der Waals surface area contributed by atoms with Crippen molar-refractivity contribution < 1.29 is 5.11 Å². The van der Waals surface area contributed by atoms with E-state index in [0.717, 1.165) is 12.1 Å². The third kappa shape index (κ3) is 2.40. The zero-order valence-corrected chi connectivity index (χ0v) is 12.3. The summed E-state index contributed by atoms with van der Waals surface area (Å²) in [5.74, 6) is 0.290. The fourth-order valence-corrected chi connectivity index (χ4v) is 3.86. The Morgan fingerprint density at radius 1 is 1.19 bits per heavy atom. The molecule has 3 heteroatoms. The molecule has 0 radical (unpaired) electrons. The molecule has 110 valence electrons. The number of fused-ring (bicyclic) bond motifs is 1. The van der Waals surface area contributed by atoms with Gasteiger partial charge in [0.2, 0.25) is 0 Å². The van der Waals surface area contributed by atoms with Crippen LogP contribution in [0.15, 0.2) is 36.5 Å². The summed E-state index contributed by atoms with van der Waals surface area (Å²) in [6.45, 7) is 0. The molecule has 1 aromatic carbocycles. The minimum atomic E-state index is -0.313. The predicted octanol–water partition coefficient (Wildman–Crippen LogP) is 3.24. The summed E-state index contributed by atoms with van der Waals surface area (Å²) in [5.41, 5.74) is 3.73. The van der Waals surface area contributed by atoms with Gasteiger partial charge in [0.1, 0.15) is 0 Å². The van der Waals surface area contributed by atoms with E-state index in [1.807, 2.05) is 0 Å². The van der Waals surface area contributed by atoms with Gasteiger partial charge in [-0.25, -0.2) is 0 Å². The van der Waals surface area contributed by atoms with E-state index in [0.29, 0.717) is 12.5 Å². The maximum atomic E-state index is 10.5. The summed E-state index contributed by atoms with van der Waals surface area (Å²) >= 11 is 0. The third-order valence-corrected chi connectivity index (χ3v) is 5.14. The predicted molar refractivity (Wildman–Crippen MR) is 82.3 cm³/mol. The molecule has 1 heterocycles. The molecule has 21 heavy (non-hydrogen) atoms. The Labute approximate surface area is 125 Å². The van der Waals surface area contributed by atoms with Gasteiger partial charge in [0.25, 0.3) is 0 Å². The van der Waals surface area contributed by atoms with Crippen molar-refractivity contribution in [2.24, 2.45) is 0 Å². The molecule has 1 N–H and O–H groups in total. The van der Waals surface area contributed by atoms with E-state index in [9.17, 15) is 5.11 Å². The summed E-state index contributed by atoms with van der Waals surface area (Å²) in [6, 6.07) is 11.1. The molecule has 2 atom stereocenters. The Hall–Kier alpha value is -1.61. The molecule has 2 unspecified atom stereocenters. The Balaban J connectivity index is 1.42. The standard InChI is InChI=1S/C18H22N2O/c21-18(17-11-13-5-1-4-8-16(13)17)12-14-9-10-20(19-14)15-6-2-3-7-15/h1,4-5,8-10,15,17-18,21H,2-3,6-7,11-12H2. The van der Waals surface area contributed by atoms with Crippen molar-refractivity contribution in [2.75, 3.05) is 0 Å². The molecule has 1 aromatic heterocycles. The van der Waals surface area contributed by atoms with Crippen LogP contribution in [0.5, 0.6) is 0 Å². The monoisotopic (exact) mass is 282 g/mol. The highest BCUT2D eigenvalue weighted by Gasteiger charge is 2.32. The third-order valence-electron chi connectivity index (χ3n) is 5.14. The summed E-state index contributed by atoms with van der Waals surface area (Å²) in [7, 11) is 0. The van der Waals surface area contributed by atoms with E-state index in [1.165, 1.54) is 36.8 Å². The Morgan fingerprint density at radius 2 is 2.00 bits per heavy atom. The number of benzene rings is 1. The highest BCUT2D eigenvalue weighted by molar-refractivity contribution is 5.41. The summed E-state index contributed by atoms with van der Waals surface area (Å²) in [6.07, 6.45) is 8.58. The van der Waals surface area contributed by atoms with Crippen molar-refractivity contribution in [3.63, 3.8) is 0 Å². The summed E-state index contributed by atoms with van der Waals surface area (Å²) < 4.78 is 2.11. The lowest BCUT2D eigenvalue weighted by molar-refractivity contribution is 0.132. The number of rotatable bonds is 4. The smallest absolute Gasteiger partial charge is 0.0668 e. The lowest BCUT2D eigenvalue weighted by Gasteiger charge is -2.33. The maximum Gasteiger partial charge on any atom is 0.0668 e. The molecule has 0 amide bonds. The first-order chi connectivity index (χ1) is 10.3. The molecule has 0 saturated heterocycles. The van der Waals surface area contributed by atoms with Crippen LogP contribution in [0.1, 0.15) is 54.5 Å². The van der Waals surface area contributed by atoms with Gasteiger partial charge in [0.15, 0.2) is 0 Å². The first kappa shape index (κ1) is 13.1. The van der Waals surface area contributed by atoms with Crippen LogP contribution in [-0.2, 0) is 12.8 Å². The first-order valence-electron chi connectivity index (χ1n) is 8.11. The van der Waals surface area contributed by atoms with Gasteiger partial charge < -0.3 is 5.11 Å². The van der Waals surface area contributed by atoms with Gasteiger partial charge in [-0.05, 0) is 36.5 Å². The van der Waals surface area contributed by atoms with Crippen LogP contribution >= 0.6 is 0 Å². The summed E-state index contributed by atoms with van der Waals surface area (Å²) in [4.78, 5) is 0. The van der Waals surface area contributed by atoms with Crippen molar-refractivity contribution in [1.29, 1.82) is 0 Å². The van der Waals surface area contributed by atoms with Crippen LogP contribution in [0, 0.1) is 0 Å². The minimum Gasteiger partial charge on any atom is -0.392 e. The topological polar surface area (TPSA) is 38.0 Å². The Bertz CT molecular complexity index is 628. The number of aliphatic hydroxyl groups is 1. The molecular formula is C18H22N2O. The zero-order chi connectivity index (χ0) is 14.2. The quantitative estimate of drug-likeness (QED) is 0.935. The van der Waals surface area contributed by atoms with E-state index in [2.05, 4.69) is 46.3 Å². The van der Waals surface area contributed by atoms with Gasteiger partial charge >= 0.3 is 0 Å². The largest absolute Gasteiger partial charge is 0.392 e. The molecule has 0 bridgehead atoms. The van der Waals surface area contributed by atoms with Crippen LogP contribution in [-0.4, -0.2) is 21.0 Å². The Morgan fingerprint density at radius 3 is 2.81 bits per heavy atom. The average Bonchev–Trinajstić information content (AvgIpc) is 3.10. The van der Waals surface area contributed by atoms with Gasteiger partial charge in [-0.3, -0.25) is 4.68 Å². The number of hydrogen-bond acceptors (Lipinski definition) is 2. The molecule has 3 nitrogen and oxygen atoms in total. The average molecular weight is 282 g/mol. The van der Waals surface area contributed by atoms with E-state index in [-0.39, 0.29) is 12.0 Å². The van der Waals surface area contributed by atoms with Crippen molar-refractivity contribution in [1.82, 2.24) is 9.78 Å². The van der Waals surface area contributed by atoms with Crippen molar-refractivity contribution in [3.05, 3.63) is 53.3 Å². The van der Waals surface area contributed by atoms with Crippen LogP contribution in [0.2, 0.25) is 0 Å². The number of nitrogens with zero attached hydrogens (tertiary/aromatic N) is 2. The van der Waals surface area contributed by atoms with Crippen molar-refractivity contribution in [3.8, 4) is 0 Å². The second kappa shape index (κ2) is 5.30. The maximum absolute atomic E-state index is 10.5. The molecule has 2 aliphatic carbocycles. The number of aromatic nitrogens is 2. The number of hydrogen-bond donors (Lipinski definition) is 1. The molecule has 4 rings (SSSR count). The van der Waals surface area contributed by atoms with Gasteiger partial charge in [-0.1, -0.05) is 37.1 Å². The lowest BCUT2D eigenvalue weighted by Crippen LogP contribution is -2.30. The van der Waals surface area contributed by atoms with Crippen LogP contribution in [0.3, 0.4) is 0 Å². The van der Waals surface area contributed by atoms with E-state index >= 15 is 0 Å². The second-order valence-corrected chi connectivity index (χ2v) is 6.51. The first-order valence-corrected chi connectivity index (χ1v) is 8.11. The molecule has 1 fully saturated rings. The summed E-state index contributed by atoms with van der Waals surface area (Å²) in [5, 5.41) is 15.2. The SMILES string of the molecule is OC(Cc1ccn(C2CCCC2)n1)C1Cc2ccccc21. The van der Waals surface area contributed by atoms with Gasteiger partial charge in [-0.2, -0.15) is 5.10 Å². The zero-order valence-electron chi connectivity index (χ0n) is 12.3. The molecule has 2 aromatic rings. The van der Waals surface area contributed by atoms with E-state index < -0.39 is 0 Å². The second-order valence-electron chi connectivity index (χ2n) is 6.51. The molecule has 0 spiro atoms. The molecule has 1 saturated carbocycles. The van der Waals surface area contributed by atoms with Crippen molar-refractivity contribution in [2.45, 2.75) is 56.6 Å². The molecule has 2 aliphatic rings.